The molecule has 6 nitrogen and oxygen atoms in total. The van der Waals surface area contributed by atoms with Crippen LogP contribution >= 0.6 is 0 Å². The number of hydrogen-bond donors (Lipinski definition) is 1. The fraction of sp³-hybridized carbons (Fsp3) is 0.0909. The Kier molecular flexibility index (Phi) is 6.25. The summed E-state index contributed by atoms with van der Waals surface area (Å²) >= 11 is 0. The van der Waals surface area contributed by atoms with Crippen LogP contribution in [0.3, 0.4) is 0 Å². The molecule has 0 aromatic heterocycles. The predicted octanol–water partition coefficient (Wildman–Crippen LogP) is 3.93. The Hall–Kier alpha value is -3.80. The first-order chi connectivity index (χ1) is 13.7. The van der Waals surface area contributed by atoms with E-state index in [0.29, 0.717) is 28.5 Å². The first-order valence-electron chi connectivity index (χ1n) is 8.58. The van der Waals surface area contributed by atoms with E-state index >= 15 is 0 Å². The fourth-order valence-corrected chi connectivity index (χ4v) is 2.43. The topological polar surface area (TPSA) is 73.9 Å². The van der Waals surface area contributed by atoms with Gasteiger partial charge in [-0.2, -0.15) is 0 Å². The van der Waals surface area contributed by atoms with Gasteiger partial charge in [0.05, 0.1) is 7.11 Å². The summed E-state index contributed by atoms with van der Waals surface area (Å²) in [6.07, 6.45) is 0. The molecule has 142 valence electrons. The predicted molar refractivity (Wildman–Crippen MR) is 105 cm³/mol. The molecule has 0 aliphatic carbocycles. The summed E-state index contributed by atoms with van der Waals surface area (Å²) in [6, 6.07) is 22.5. The van der Waals surface area contributed by atoms with Gasteiger partial charge in [0.1, 0.15) is 5.75 Å². The first kappa shape index (κ1) is 19.0. The number of ether oxygens (including phenoxy) is 3. The minimum Gasteiger partial charge on any atom is -0.493 e. The molecular formula is C22H19NO5. The second kappa shape index (κ2) is 9.23. The minimum atomic E-state index is -0.563. The standard InChI is InChI=1S/C22H19NO5/c1-26-19-9-5-6-10-20(19)27-15-21(24)28-18-13-11-16(12-14-18)22(25)23-17-7-3-2-4-8-17/h2-14H,15H2,1H3,(H,23,25). The molecule has 0 heterocycles. The van der Waals surface area contributed by atoms with Crippen LogP contribution in [0.4, 0.5) is 5.69 Å². The second-order valence-corrected chi connectivity index (χ2v) is 5.76. The SMILES string of the molecule is COc1ccccc1OCC(=O)Oc1ccc(C(=O)Nc2ccccc2)cc1. The summed E-state index contributed by atoms with van der Waals surface area (Å²) in [5.41, 5.74) is 1.16. The highest BCUT2D eigenvalue weighted by Crippen LogP contribution is 2.25. The molecule has 3 aromatic rings. The molecule has 6 heteroatoms. The van der Waals surface area contributed by atoms with Crippen LogP contribution in [-0.4, -0.2) is 25.6 Å². The van der Waals surface area contributed by atoms with E-state index in [1.165, 1.54) is 7.11 Å². The van der Waals surface area contributed by atoms with Crippen molar-refractivity contribution in [3.63, 3.8) is 0 Å². The molecular weight excluding hydrogens is 358 g/mol. The van der Waals surface area contributed by atoms with Gasteiger partial charge in [0.25, 0.3) is 5.91 Å². The lowest BCUT2D eigenvalue weighted by molar-refractivity contribution is -0.136. The van der Waals surface area contributed by atoms with Crippen LogP contribution in [0.15, 0.2) is 78.9 Å². The van der Waals surface area contributed by atoms with Gasteiger partial charge >= 0.3 is 5.97 Å². The number of nitrogens with one attached hydrogen (secondary N) is 1. The van der Waals surface area contributed by atoms with Gasteiger partial charge < -0.3 is 19.5 Å². The molecule has 0 unspecified atom stereocenters. The van der Waals surface area contributed by atoms with Crippen LogP contribution < -0.4 is 19.5 Å². The van der Waals surface area contributed by atoms with Crippen molar-refractivity contribution in [1.82, 2.24) is 0 Å². The molecule has 0 saturated carbocycles. The van der Waals surface area contributed by atoms with Gasteiger partial charge in [0, 0.05) is 11.3 Å². The average molecular weight is 377 g/mol. The smallest absolute Gasteiger partial charge is 0.349 e. The Morgan fingerprint density at radius 3 is 2.14 bits per heavy atom. The number of carbonyl (C=O) groups excluding carboxylic acids is 2. The zero-order chi connectivity index (χ0) is 19.8. The van der Waals surface area contributed by atoms with Crippen LogP contribution in [-0.2, 0) is 4.79 Å². The van der Waals surface area contributed by atoms with E-state index < -0.39 is 5.97 Å². The van der Waals surface area contributed by atoms with Crippen molar-refractivity contribution < 1.29 is 23.8 Å². The van der Waals surface area contributed by atoms with Gasteiger partial charge in [-0.3, -0.25) is 4.79 Å². The second-order valence-electron chi connectivity index (χ2n) is 5.76. The molecule has 0 spiro atoms. The molecule has 1 amide bonds. The summed E-state index contributed by atoms with van der Waals surface area (Å²) < 4.78 is 15.8. The van der Waals surface area contributed by atoms with E-state index in [1.54, 1.807) is 60.7 Å². The summed E-state index contributed by atoms with van der Waals surface area (Å²) in [5.74, 6) is 0.500. The molecule has 0 atom stereocenters. The van der Waals surface area contributed by atoms with Gasteiger partial charge in [-0.05, 0) is 48.5 Å². The maximum atomic E-state index is 12.2. The van der Waals surface area contributed by atoms with Crippen LogP contribution in [0.2, 0.25) is 0 Å². The van der Waals surface area contributed by atoms with E-state index in [-0.39, 0.29) is 12.5 Å². The quantitative estimate of drug-likeness (QED) is 0.499. The highest BCUT2D eigenvalue weighted by molar-refractivity contribution is 6.04. The summed E-state index contributed by atoms with van der Waals surface area (Å²) in [4.78, 5) is 24.2. The Bertz CT molecular complexity index is 939. The minimum absolute atomic E-state index is 0.247. The molecule has 1 N–H and O–H groups in total. The molecule has 28 heavy (non-hydrogen) atoms. The average Bonchev–Trinajstić information content (AvgIpc) is 2.73. The van der Waals surface area contributed by atoms with Crippen molar-refractivity contribution in [3.05, 3.63) is 84.4 Å². The normalized spacial score (nSPS) is 10.0. The third-order valence-corrected chi connectivity index (χ3v) is 3.79. The maximum absolute atomic E-state index is 12.2. The number of esters is 1. The molecule has 0 saturated heterocycles. The third-order valence-electron chi connectivity index (χ3n) is 3.79. The Labute approximate surface area is 162 Å². The van der Waals surface area contributed by atoms with E-state index in [2.05, 4.69) is 5.32 Å². The summed E-state index contributed by atoms with van der Waals surface area (Å²) in [5, 5.41) is 2.79. The molecule has 0 fully saturated rings. The lowest BCUT2D eigenvalue weighted by Crippen LogP contribution is -2.18. The van der Waals surface area contributed by atoms with Crippen LogP contribution in [0.1, 0.15) is 10.4 Å². The number of methoxy groups -OCH3 is 1. The van der Waals surface area contributed by atoms with Crippen molar-refractivity contribution in [2.45, 2.75) is 0 Å². The number of rotatable bonds is 7. The van der Waals surface area contributed by atoms with Crippen molar-refractivity contribution >= 4 is 17.6 Å². The monoisotopic (exact) mass is 377 g/mol. The third kappa shape index (κ3) is 5.11. The number of carbonyl (C=O) groups is 2. The van der Waals surface area contributed by atoms with Crippen LogP contribution in [0, 0.1) is 0 Å². The Morgan fingerprint density at radius 1 is 0.821 bits per heavy atom. The summed E-state index contributed by atoms with van der Waals surface area (Å²) in [6.45, 7) is -0.267. The van der Waals surface area contributed by atoms with Crippen LogP contribution in [0.5, 0.6) is 17.2 Å². The number of para-hydroxylation sites is 3. The molecule has 0 bridgehead atoms. The molecule has 3 aromatic carbocycles. The highest BCUT2D eigenvalue weighted by atomic mass is 16.6. The zero-order valence-corrected chi connectivity index (χ0v) is 15.3. The van der Waals surface area contributed by atoms with Gasteiger partial charge in [0.2, 0.25) is 0 Å². The molecule has 0 aliphatic heterocycles. The number of anilines is 1. The molecule has 0 radical (unpaired) electrons. The van der Waals surface area contributed by atoms with Crippen molar-refractivity contribution in [2.24, 2.45) is 0 Å². The Balaban J connectivity index is 1.53. The van der Waals surface area contributed by atoms with E-state index in [0.717, 1.165) is 0 Å². The van der Waals surface area contributed by atoms with Gasteiger partial charge in [0.15, 0.2) is 18.1 Å². The lowest BCUT2D eigenvalue weighted by atomic mass is 10.2. The van der Waals surface area contributed by atoms with Crippen molar-refractivity contribution in [3.8, 4) is 17.2 Å². The summed E-state index contributed by atoms with van der Waals surface area (Å²) in [7, 11) is 1.52. The molecule has 0 aliphatic rings. The number of amides is 1. The van der Waals surface area contributed by atoms with E-state index in [9.17, 15) is 9.59 Å². The van der Waals surface area contributed by atoms with E-state index in [1.807, 2.05) is 18.2 Å². The maximum Gasteiger partial charge on any atom is 0.349 e. The fourth-order valence-electron chi connectivity index (χ4n) is 2.43. The first-order valence-corrected chi connectivity index (χ1v) is 8.58. The molecule has 3 rings (SSSR count). The van der Waals surface area contributed by atoms with E-state index in [4.69, 9.17) is 14.2 Å². The number of benzene rings is 3. The van der Waals surface area contributed by atoms with Crippen molar-refractivity contribution in [2.75, 3.05) is 19.0 Å². The van der Waals surface area contributed by atoms with Gasteiger partial charge in [-0.1, -0.05) is 30.3 Å². The zero-order valence-electron chi connectivity index (χ0n) is 15.3. The highest BCUT2D eigenvalue weighted by Gasteiger charge is 2.10. The van der Waals surface area contributed by atoms with Gasteiger partial charge in [-0.15, -0.1) is 0 Å². The van der Waals surface area contributed by atoms with Crippen molar-refractivity contribution in [1.29, 1.82) is 0 Å². The Morgan fingerprint density at radius 2 is 1.46 bits per heavy atom. The number of hydrogen-bond acceptors (Lipinski definition) is 5. The van der Waals surface area contributed by atoms with Crippen LogP contribution in [0.25, 0.3) is 0 Å². The van der Waals surface area contributed by atoms with Gasteiger partial charge in [-0.25, -0.2) is 4.79 Å². The largest absolute Gasteiger partial charge is 0.493 e. The lowest BCUT2D eigenvalue weighted by Gasteiger charge is -2.10.